The highest BCUT2D eigenvalue weighted by molar-refractivity contribution is 7.14. The van der Waals surface area contributed by atoms with E-state index in [-0.39, 0.29) is 10.6 Å². The van der Waals surface area contributed by atoms with Crippen LogP contribution in [0.4, 0.5) is 9.80 Å². The van der Waals surface area contributed by atoms with Crippen LogP contribution in [0.1, 0.15) is 36.0 Å². The van der Waals surface area contributed by atoms with Crippen molar-refractivity contribution in [2.24, 2.45) is 17.6 Å². The second-order valence-electron chi connectivity index (χ2n) is 5.31. The van der Waals surface area contributed by atoms with E-state index < -0.39 is 35.7 Å². The molecule has 1 heterocycles. The average Bonchev–Trinajstić information content (AvgIpc) is 2.94. The van der Waals surface area contributed by atoms with Gasteiger partial charge in [-0.05, 0) is 24.3 Å². The van der Waals surface area contributed by atoms with Crippen molar-refractivity contribution < 1.29 is 24.3 Å². The fourth-order valence-corrected chi connectivity index (χ4v) is 3.50. The van der Waals surface area contributed by atoms with Crippen molar-refractivity contribution in [2.45, 2.75) is 25.7 Å². The monoisotopic (exact) mass is 339 g/mol. The van der Waals surface area contributed by atoms with Crippen molar-refractivity contribution in [3.63, 3.8) is 0 Å². The molecule has 5 N–H and O–H groups in total. The predicted octanol–water partition coefficient (Wildman–Crippen LogP) is 1.39. The van der Waals surface area contributed by atoms with E-state index in [0.717, 1.165) is 24.2 Å². The van der Waals surface area contributed by atoms with Gasteiger partial charge in [0.25, 0.3) is 5.91 Å². The Bertz CT molecular complexity index is 642. The van der Waals surface area contributed by atoms with Crippen molar-refractivity contribution in [3.05, 3.63) is 17.0 Å². The molecule has 0 saturated heterocycles. The molecule has 2 atom stereocenters. The zero-order chi connectivity index (χ0) is 17.0. The second kappa shape index (κ2) is 7.23. The van der Waals surface area contributed by atoms with Crippen LogP contribution in [-0.4, -0.2) is 28.9 Å². The minimum Gasteiger partial charge on any atom is -0.481 e. The number of thiophene rings is 1. The fourth-order valence-electron chi connectivity index (χ4n) is 2.71. The molecule has 4 amide bonds. The van der Waals surface area contributed by atoms with Crippen LogP contribution in [0.5, 0.6) is 0 Å². The number of aliphatic carboxylic acids is 1. The van der Waals surface area contributed by atoms with Crippen LogP contribution in [0.3, 0.4) is 0 Å². The van der Waals surface area contributed by atoms with Gasteiger partial charge >= 0.3 is 12.0 Å². The van der Waals surface area contributed by atoms with Crippen LogP contribution in [0.25, 0.3) is 0 Å². The normalized spacial score (nSPS) is 20.5. The van der Waals surface area contributed by atoms with Gasteiger partial charge in [0.1, 0.15) is 5.00 Å². The number of hydrogen-bond acceptors (Lipinski definition) is 5. The van der Waals surface area contributed by atoms with Gasteiger partial charge in [0.15, 0.2) is 0 Å². The number of amides is 4. The standard InChI is InChI=1S/C14H17N3O5S/c15-14(22)17-11(19)9-5-6-23-12(9)16-10(18)7-3-1-2-4-8(7)13(20)21/h5-8H,1-4H2,(H,16,18)(H,20,21)(H3,15,17,19,22)/t7-,8-/m0/s1. The van der Waals surface area contributed by atoms with Crippen LogP contribution >= 0.6 is 11.3 Å². The van der Waals surface area contributed by atoms with Crippen molar-refractivity contribution in [3.8, 4) is 0 Å². The van der Waals surface area contributed by atoms with Gasteiger partial charge in [-0.3, -0.25) is 19.7 Å². The number of nitrogens with one attached hydrogen (secondary N) is 2. The highest BCUT2D eigenvalue weighted by Gasteiger charge is 2.36. The first-order valence-corrected chi connectivity index (χ1v) is 8.00. The van der Waals surface area contributed by atoms with E-state index in [1.807, 2.05) is 5.32 Å². The third-order valence-corrected chi connectivity index (χ3v) is 4.63. The van der Waals surface area contributed by atoms with Gasteiger partial charge in [-0.15, -0.1) is 11.3 Å². The first kappa shape index (κ1) is 16.9. The molecule has 2 rings (SSSR count). The molecule has 0 aromatic carbocycles. The van der Waals surface area contributed by atoms with E-state index in [2.05, 4.69) is 5.32 Å². The molecule has 23 heavy (non-hydrogen) atoms. The SMILES string of the molecule is NC(=O)NC(=O)c1ccsc1NC(=O)[C@H]1CCCC[C@@H]1C(=O)O. The minimum atomic E-state index is -0.989. The Kier molecular flexibility index (Phi) is 5.32. The summed E-state index contributed by atoms with van der Waals surface area (Å²) >= 11 is 1.11. The summed E-state index contributed by atoms with van der Waals surface area (Å²) in [5, 5.41) is 15.6. The lowest BCUT2D eigenvalue weighted by atomic mass is 9.79. The number of carboxylic acids is 1. The molecular formula is C14H17N3O5S. The molecule has 1 saturated carbocycles. The van der Waals surface area contributed by atoms with E-state index in [1.54, 1.807) is 5.38 Å². The highest BCUT2D eigenvalue weighted by Crippen LogP contribution is 2.32. The molecule has 0 unspecified atom stereocenters. The number of rotatable bonds is 4. The zero-order valence-electron chi connectivity index (χ0n) is 12.2. The summed E-state index contributed by atoms with van der Waals surface area (Å²) in [7, 11) is 0. The maximum absolute atomic E-state index is 12.4. The lowest BCUT2D eigenvalue weighted by molar-refractivity contribution is -0.147. The fraction of sp³-hybridized carbons (Fsp3) is 0.429. The summed E-state index contributed by atoms with van der Waals surface area (Å²) in [6.45, 7) is 0. The van der Waals surface area contributed by atoms with Gasteiger partial charge in [0, 0.05) is 0 Å². The Hall–Kier alpha value is -2.42. The highest BCUT2D eigenvalue weighted by atomic mass is 32.1. The van der Waals surface area contributed by atoms with Crippen LogP contribution in [0.15, 0.2) is 11.4 Å². The number of carbonyl (C=O) groups is 4. The van der Waals surface area contributed by atoms with Gasteiger partial charge in [-0.25, -0.2) is 4.79 Å². The topological polar surface area (TPSA) is 139 Å². The van der Waals surface area contributed by atoms with Gasteiger partial charge in [-0.1, -0.05) is 12.8 Å². The molecule has 1 aliphatic carbocycles. The third kappa shape index (κ3) is 4.07. The Balaban J connectivity index is 2.11. The Labute approximate surface area is 136 Å². The van der Waals surface area contributed by atoms with E-state index in [0.29, 0.717) is 12.8 Å². The number of imide groups is 1. The smallest absolute Gasteiger partial charge is 0.319 e. The quantitative estimate of drug-likeness (QED) is 0.656. The van der Waals surface area contributed by atoms with E-state index in [9.17, 15) is 24.3 Å². The summed E-state index contributed by atoms with van der Waals surface area (Å²) in [4.78, 5) is 46.2. The van der Waals surface area contributed by atoms with Crippen molar-refractivity contribution in [1.82, 2.24) is 5.32 Å². The summed E-state index contributed by atoms with van der Waals surface area (Å²) < 4.78 is 0. The third-order valence-electron chi connectivity index (χ3n) is 3.80. The first-order valence-electron chi connectivity index (χ1n) is 7.12. The molecule has 0 radical (unpaired) electrons. The summed E-state index contributed by atoms with van der Waals surface area (Å²) in [5.41, 5.74) is 5.01. The number of carboxylic acid groups (broad SMARTS) is 1. The molecular weight excluding hydrogens is 322 g/mol. The van der Waals surface area contributed by atoms with Crippen LogP contribution in [0.2, 0.25) is 0 Å². The van der Waals surface area contributed by atoms with Crippen LogP contribution in [0, 0.1) is 11.8 Å². The first-order chi connectivity index (χ1) is 10.9. The van der Waals surface area contributed by atoms with Crippen molar-refractivity contribution in [1.29, 1.82) is 0 Å². The Morgan fingerprint density at radius 1 is 1.17 bits per heavy atom. The molecule has 1 aliphatic rings. The van der Waals surface area contributed by atoms with Gasteiger partial charge < -0.3 is 16.2 Å². The largest absolute Gasteiger partial charge is 0.481 e. The molecule has 8 nitrogen and oxygen atoms in total. The molecule has 0 spiro atoms. The number of anilines is 1. The molecule has 1 aromatic heterocycles. The second-order valence-corrected chi connectivity index (χ2v) is 6.22. The summed E-state index contributed by atoms with van der Waals surface area (Å²) in [6, 6.07) is 0.463. The molecule has 9 heteroatoms. The summed E-state index contributed by atoms with van der Waals surface area (Å²) in [6.07, 6.45) is 2.54. The maximum Gasteiger partial charge on any atom is 0.319 e. The predicted molar refractivity (Wildman–Crippen MR) is 83.1 cm³/mol. The number of nitrogens with two attached hydrogens (primary N) is 1. The van der Waals surface area contributed by atoms with Crippen LogP contribution < -0.4 is 16.4 Å². The van der Waals surface area contributed by atoms with Gasteiger partial charge in [-0.2, -0.15) is 0 Å². The van der Waals surface area contributed by atoms with Gasteiger partial charge in [0.2, 0.25) is 5.91 Å². The van der Waals surface area contributed by atoms with E-state index in [1.165, 1.54) is 6.07 Å². The molecule has 1 aromatic rings. The number of carbonyl (C=O) groups excluding carboxylic acids is 3. The lowest BCUT2D eigenvalue weighted by Gasteiger charge is -2.27. The molecule has 1 fully saturated rings. The zero-order valence-corrected chi connectivity index (χ0v) is 13.0. The molecule has 0 aliphatic heterocycles. The number of urea groups is 1. The van der Waals surface area contributed by atoms with Crippen LogP contribution in [-0.2, 0) is 9.59 Å². The van der Waals surface area contributed by atoms with Gasteiger partial charge in [0.05, 0.1) is 17.4 Å². The Morgan fingerprint density at radius 2 is 1.83 bits per heavy atom. The minimum absolute atomic E-state index is 0.116. The van der Waals surface area contributed by atoms with E-state index >= 15 is 0 Å². The molecule has 0 bridgehead atoms. The maximum atomic E-state index is 12.4. The Morgan fingerprint density at radius 3 is 2.43 bits per heavy atom. The average molecular weight is 339 g/mol. The number of primary amides is 1. The van der Waals surface area contributed by atoms with E-state index in [4.69, 9.17) is 5.73 Å². The molecule has 124 valence electrons. The lowest BCUT2D eigenvalue weighted by Crippen LogP contribution is -2.37. The number of hydrogen-bond donors (Lipinski definition) is 4. The van der Waals surface area contributed by atoms with Crippen molar-refractivity contribution >= 4 is 40.2 Å². The summed E-state index contributed by atoms with van der Waals surface area (Å²) in [5.74, 6) is -3.47. The van der Waals surface area contributed by atoms with Crippen molar-refractivity contribution in [2.75, 3.05) is 5.32 Å².